The van der Waals surface area contributed by atoms with Crippen LogP contribution in [-0.2, 0) is 7.05 Å². The van der Waals surface area contributed by atoms with Gasteiger partial charge in [-0.1, -0.05) is 51.4 Å². The fourth-order valence-corrected chi connectivity index (χ4v) is 3.07. The van der Waals surface area contributed by atoms with E-state index in [2.05, 4.69) is 57.9 Å². The highest BCUT2D eigenvalue weighted by Crippen LogP contribution is 2.34. The topological polar surface area (TPSA) is 17.8 Å². The largest absolute Gasteiger partial charge is 0.271 e. The quantitative estimate of drug-likeness (QED) is 0.750. The van der Waals surface area contributed by atoms with Crippen LogP contribution in [0.15, 0.2) is 18.2 Å². The second-order valence-corrected chi connectivity index (χ2v) is 6.44. The van der Waals surface area contributed by atoms with Gasteiger partial charge in [-0.3, -0.25) is 4.68 Å². The summed E-state index contributed by atoms with van der Waals surface area (Å²) in [6.45, 7) is 10.9. The fourth-order valence-electron chi connectivity index (χ4n) is 2.79. The van der Waals surface area contributed by atoms with Crippen LogP contribution in [0.1, 0.15) is 56.4 Å². The van der Waals surface area contributed by atoms with E-state index in [1.165, 1.54) is 16.8 Å². The molecule has 0 unspecified atom stereocenters. The van der Waals surface area contributed by atoms with E-state index in [4.69, 9.17) is 11.6 Å². The summed E-state index contributed by atoms with van der Waals surface area (Å²) in [7, 11) is 2.00. The maximum atomic E-state index is 6.47. The minimum atomic E-state index is 0.454. The van der Waals surface area contributed by atoms with E-state index >= 15 is 0 Å². The average molecular weight is 291 g/mol. The van der Waals surface area contributed by atoms with Gasteiger partial charge in [0.15, 0.2) is 0 Å². The standard InChI is InChI=1S/C17H23ClN2/c1-10(2)13-7-8-14(15(18)9-13)16-12(5)17(11(3)4)20(6)19-16/h7-11H,1-6H3. The van der Waals surface area contributed by atoms with Gasteiger partial charge in [0, 0.05) is 18.3 Å². The molecule has 0 spiro atoms. The molecule has 1 heterocycles. The number of rotatable bonds is 3. The van der Waals surface area contributed by atoms with Gasteiger partial charge in [0.2, 0.25) is 0 Å². The minimum Gasteiger partial charge on any atom is -0.271 e. The lowest BCUT2D eigenvalue weighted by Crippen LogP contribution is -2.00. The van der Waals surface area contributed by atoms with Crippen molar-refractivity contribution >= 4 is 11.6 Å². The van der Waals surface area contributed by atoms with Crippen LogP contribution in [0.3, 0.4) is 0 Å². The van der Waals surface area contributed by atoms with Crippen molar-refractivity contribution in [1.29, 1.82) is 0 Å². The zero-order chi connectivity index (χ0) is 15.0. The van der Waals surface area contributed by atoms with Gasteiger partial charge in [-0.25, -0.2) is 0 Å². The van der Waals surface area contributed by atoms with Crippen LogP contribution in [0.2, 0.25) is 5.02 Å². The third-order valence-electron chi connectivity index (χ3n) is 3.80. The zero-order valence-electron chi connectivity index (χ0n) is 13.2. The van der Waals surface area contributed by atoms with E-state index < -0.39 is 0 Å². The Morgan fingerprint density at radius 1 is 1.10 bits per heavy atom. The molecule has 0 radical (unpaired) electrons. The number of halogens is 1. The predicted molar refractivity (Wildman–Crippen MR) is 86.6 cm³/mol. The van der Waals surface area contributed by atoms with Crippen molar-refractivity contribution in [2.45, 2.75) is 46.5 Å². The van der Waals surface area contributed by atoms with Crippen LogP contribution in [0.5, 0.6) is 0 Å². The Bertz CT molecular complexity index is 624. The van der Waals surface area contributed by atoms with Crippen LogP contribution >= 0.6 is 11.6 Å². The van der Waals surface area contributed by atoms with E-state index in [0.717, 1.165) is 16.3 Å². The first-order valence-corrected chi connectivity index (χ1v) is 7.54. The Hall–Kier alpha value is -1.28. The molecule has 0 bridgehead atoms. The van der Waals surface area contributed by atoms with Gasteiger partial charge in [0.1, 0.15) is 0 Å². The van der Waals surface area contributed by atoms with Crippen molar-refractivity contribution in [3.63, 3.8) is 0 Å². The smallest absolute Gasteiger partial charge is 0.0970 e. The molecule has 0 aliphatic heterocycles. The molecule has 2 aromatic rings. The van der Waals surface area contributed by atoms with E-state index in [1.54, 1.807) is 0 Å². The molecule has 0 saturated carbocycles. The molecule has 1 aromatic carbocycles. The van der Waals surface area contributed by atoms with E-state index in [0.29, 0.717) is 11.8 Å². The molecular weight excluding hydrogens is 268 g/mol. The summed E-state index contributed by atoms with van der Waals surface area (Å²) in [5, 5.41) is 5.45. The van der Waals surface area contributed by atoms with E-state index in [-0.39, 0.29) is 0 Å². The molecule has 3 heteroatoms. The van der Waals surface area contributed by atoms with Crippen molar-refractivity contribution in [2.75, 3.05) is 0 Å². The molecule has 0 atom stereocenters. The van der Waals surface area contributed by atoms with Gasteiger partial charge in [0.25, 0.3) is 0 Å². The van der Waals surface area contributed by atoms with Gasteiger partial charge in [-0.05, 0) is 36.0 Å². The number of hydrogen-bond donors (Lipinski definition) is 0. The summed E-state index contributed by atoms with van der Waals surface area (Å²) in [5.74, 6) is 0.938. The van der Waals surface area contributed by atoms with Gasteiger partial charge in [-0.2, -0.15) is 5.10 Å². The molecule has 20 heavy (non-hydrogen) atoms. The molecule has 2 nitrogen and oxygen atoms in total. The van der Waals surface area contributed by atoms with Crippen molar-refractivity contribution in [3.8, 4) is 11.3 Å². The van der Waals surface area contributed by atoms with Crippen LogP contribution in [-0.4, -0.2) is 9.78 Å². The van der Waals surface area contributed by atoms with E-state index in [1.807, 2.05) is 11.7 Å². The maximum Gasteiger partial charge on any atom is 0.0970 e. The SMILES string of the molecule is Cc1c(-c2ccc(C(C)C)cc2Cl)nn(C)c1C(C)C. The van der Waals surface area contributed by atoms with Crippen molar-refractivity contribution in [2.24, 2.45) is 7.05 Å². The molecule has 0 N–H and O–H groups in total. The fraction of sp³-hybridized carbons (Fsp3) is 0.471. The normalized spacial score (nSPS) is 11.7. The number of aromatic nitrogens is 2. The van der Waals surface area contributed by atoms with Gasteiger partial charge >= 0.3 is 0 Å². The highest BCUT2D eigenvalue weighted by molar-refractivity contribution is 6.33. The molecule has 1 aromatic heterocycles. The van der Waals surface area contributed by atoms with Crippen LogP contribution < -0.4 is 0 Å². The number of hydrogen-bond acceptors (Lipinski definition) is 1. The molecule has 0 aliphatic rings. The number of nitrogens with zero attached hydrogens (tertiary/aromatic N) is 2. The average Bonchev–Trinajstić information content (AvgIpc) is 2.64. The van der Waals surface area contributed by atoms with Gasteiger partial charge in [0.05, 0.1) is 10.7 Å². The number of benzene rings is 1. The maximum absolute atomic E-state index is 6.47. The Morgan fingerprint density at radius 3 is 2.20 bits per heavy atom. The van der Waals surface area contributed by atoms with Crippen LogP contribution in [0.25, 0.3) is 11.3 Å². The molecule has 0 aliphatic carbocycles. The molecule has 0 amide bonds. The summed E-state index contributed by atoms with van der Waals surface area (Å²) < 4.78 is 1.97. The minimum absolute atomic E-state index is 0.454. The van der Waals surface area contributed by atoms with Crippen molar-refractivity contribution in [1.82, 2.24) is 9.78 Å². The van der Waals surface area contributed by atoms with Gasteiger partial charge in [-0.15, -0.1) is 0 Å². The lowest BCUT2D eigenvalue weighted by atomic mass is 9.98. The summed E-state index contributed by atoms with van der Waals surface area (Å²) in [6.07, 6.45) is 0. The predicted octanol–water partition coefficient (Wildman–Crippen LogP) is 5.30. The van der Waals surface area contributed by atoms with Crippen molar-refractivity contribution < 1.29 is 0 Å². The number of aryl methyl sites for hydroxylation is 1. The highest BCUT2D eigenvalue weighted by atomic mass is 35.5. The molecule has 0 fully saturated rings. The Labute approximate surface area is 126 Å². The Morgan fingerprint density at radius 2 is 1.75 bits per heavy atom. The summed E-state index contributed by atoms with van der Waals surface area (Å²) >= 11 is 6.47. The molecule has 108 valence electrons. The summed E-state index contributed by atoms with van der Waals surface area (Å²) in [6, 6.07) is 6.30. The highest BCUT2D eigenvalue weighted by Gasteiger charge is 2.18. The Kier molecular flexibility index (Phi) is 4.24. The summed E-state index contributed by atoms with van der Waals surface area (Å²) in [4.78, 5) is 0. The lowest BCUT2D eigenvalue weighted by molar-refractivity contribution is 0.667. The van der Waals surface area contributed by atoms with Gasteiger partial charge < -0.3 is 0 Å². The first-order chi connectivity index (χ1) is 9.32. The lowest BCUT2D eigenvalue weighted by Gasteiger charge is -2.09. The second kappa shape index (κ2) is 5.61. The van der Waals surface area contributed by atoms with E-state index in [9.17, 15) is 0 Å². The summed E-state index contributed by atoms with van der Waals surface area (Å²) in [5.41, 5.74) is 5.77. The first kappa shape index (κ1) is 15.1. The van der Waals surface area contributed by atoms with Crippen molar-refractivity contribution in [3.05, 3.63) is 40.0 Å². The monoisotopic (exact) mass is 290 g/mol. The second-order valence-electron chi connectivity index (χ2n) is 6.03. The van der Waals surface area contributed by atoms with Crippen LogP contribution in [0, 0.1) is 6.92 Å². The Balaban J connectivity index is 2.55. The first-order valence-electron chi connectivity index (χ1n) is 7.16. The third kappa shape index (κ3) is 2.62. The molecule has 0 saturated heterocycles. The molecule has 2 rings (SSSR count). The molecular formula is C17H23ClN2. The van der Waals surface area contributed by atoms with Crippen LogP contribution in [0.4, 0.5) is 0 Å². The third-order valence-corrected chi connectivity index (χ3v) is 4.11. The zero-order valence-corrected chi connectivity index (χ0v) is 13.9.